The van der Waals surface area contributed by atoms with Gasteiger partial charge in [0.25, 0.3) is 0 Å². The summed E-state index contributed by atoms with van der Waals surface area (Å²) in [5, 5.41) is 1.73. The molecule has 0 unspecified atom stereocenters. The van der Waals surface area contributed by atoms with Crippen molar-refractivity contribution in [3.8, 4) is 5.75 Å². The van der Waals surface area contributed by atoms with Crippen molar-refractivity contribution in [3.05, 3.63) is 75.1 Å². The number of fused-ring (bicyclic) bond motifs is 1. The molecule has 146 valence electrons. The molecule has 1 fully saturated rings. The molecular formula is C22H23ClN2O3. The van der Waals surface area contributed by atoms with Gasteiger partial charge >= 0.3 is 5.63 Å². The van der Waals surface area contributed by atoms with E-state index in [-0.39, 0.29) is 5.63 Å². The first-order valence-corrected chi connectivity index (χ1v) is 9.78. The van der Waals surface area contributed by atoms with Gasteiger partial charge in [0, 0.05) is 61.8 Å². The highest BCUT2D eigenvalue weighted by Gasteiger charge is 2.18. The van der Waals surface area contributed by atoms with E-state index in [9.17, 15) is 4.79 Å². The second kappa shape index (κ2) is 8.35. The van der Waals surface area contributed by atoms with E-state index in [1.54, 1.807) is 19.2 Å². The summed E-state index contributed by atoms with van der Waals surface area (Å²) >= 11 is 5.96. The maximum Gasteiger partial charge on any atom is 0.336 e. The predicted molar refractivity (Wildman–Crippen MR) is 111 cm³/mol. The Morgan fingerprint density at radius 2 is 1.64 bits per heavy atom. The van der Waals surface area contributed by atoms with E-state index in [0.29, 0.717) is 11.3 Å². The Hall–Kier alpha value is -2.34. The van der Waals surface area contributed by atoms with Crippen molar-refractivity contribution in [2.75, 3.05) is 33.3 Å². The quantitative estimate of drug-likeness (QED) is 0.612. The molecule has 0 N–H and O–H groups in total. The van der Waals surface area contributed by atoms with E-state index in [2.05, 4.69) is 21.9 Å². The third-order valence-corrected chi connectivity index (χ3v) is 5.47. The van der Waals surface area contributed by atoms with Crippen molar-refractivity contribution >= 4 is 22.6 Å². The van der Waals surface area contributed by atoms with E-state index in [4.69, 9.17) is 20.8 Å². The number of methoxy groups -OCH3 is 1. The van der Waals surface area contributed by atoms with Gasteiger partial charge in [-0.3, -0.25) is 9.80 Å². The van der Waals surface area contributed by atoms with Gasteiger partial charge in [-0.2, -0.15) is 0 Å². The van der Waals surface area contributed by atoms with Crippen LogP contribution < -0.4 is 10.4 Å². The third kappa shape index (κ3) is 4.38. The van der Waals surface area contributed by atoms with Crippen molar-refractivity contribution in [1.82, 2.24) is 9.80 Å². The van der Waals surface area contributed by atoms with Crippen LogP contribution in [0.1, 0.15) is 11.1 Å². The fourth-order valence-electron chi connectivity index (χ4n) is 3.66. The second-order valence-corrected chi connectivity index (χ2v) is 7.57. The summed E-state index contributed by atoms with van der Waals surface area (Å²) in [5.41, 5.74) is 2.53. The minimum Gasteiger partial charge on any atom is -0.497 e. The summed E-state index contributed by atoms with van der Waals surface area (Å²) in [5.74, 6) is 0.684. The van der Waals surface area contributed by atoms with Crippen molar-refractivity contribution in [3.63, 3.8) is 0 Å². The molecule has 0 saturated carbocycles. The first kappa shape index (κ1) is 19.0. The molecule has 0 aliphatic carbocycles. The number of halogens is 1. The molecule has 28 heavy (non-hydrogen) atoms. The molecule has 1 saturated heterocycles. The molecule has 0 atom stereocenters. The Morgan fingerprint density at radius 1 is 0.964 bits per heavy atom. The lowest BCUT2D eigenvalue weighted by Crippen LogP contribution is -2.45. The predicted octanol–water partition coefficient (Wildman–Crippen LogP) is 3.77. The molecule has 0 radical (unpaired) electrons. The van der Waals surface area contributed by atoms with Crippen LogP contribution in [-0.4, -0.2) is 43.1 Å². The first-order chi connectivity index (χ1) is 13.6. The van der Waals surface area contributed by atoms with Gasteiger partial charge in [-0.15, -0.1) is 0 Å². The molecule has 2 aromatic carbocycles. The van der Waals surface area contributed by atoms with Crippen LogP contribution in [0.2, 0.25) is 5.02 Å². The lowest BCUT2D eigenvalue weighted by atomic mass is 10.1. The lowest BCUT2D eigenvalue weighted by Gasteiger charge is -2.34. The van der Waals surface area contributed by atoms with Crippen LogP contribution in [0.4, 0.5) is 0 Å². The first-order valence-electron chi connectivity index (χ1n) is 9.40. The number of nitrogens with zero attached hydrogens (tertiary/aromatic N) is 2. The van der Waals surface area contributed by atoms with Gasteiger partial charge in [0.15, 0.2) is 0 Å². The summed E-state index contributed by atoms with van der Waals surface area (Å²) < 4.78 is 10.6. The Morgan fingerprint density at radius 3 is 2.32 bits per heavy atom. The molecule has 0 bridgehead atoms. The number of ether oxygens (including phenoxy) is 1. The maximum absolute atomic E-state index is 12.0. The SMILES string of the molecule is COc1ccc2c(CN3CCN(Cc4ccc(Cl)cc4)CC3)cc(=O)oc2c1. The monoisotopic (exact) mass is 398 g/mol. The molecule has 5 nitrogen and oxygen atoms in total. The third-order valence-electron chi connectivity index (χ3n) is 5.22. The highest BCUT2D eigenvalue weighted by atomic mass is 35.5. The van der Waals surface area contributed by atoms with Gasteiger partial charge in [0.05, 0.1) is 7.11 Å². The van der Waals surface area contributed by atoms with Crippen LogP contribution >= 0.6 is 11.6 Å². The van der Waals surface area contributed by atoms with Gasteiger partial charge in [-0.1, -0.05) is 23.7 Å². The number of hydrogen-bond donors (Lipinski definition) is 0. The van der Waals surface area contributed by atoms with Crippen LogP contribution in [0.3, 0.4) is 0 Å². The molecule has 1 aromatic heterocycles. The van der Waals surface area contributed by atoms with Gasteiger partial charge < -0.3 is 9.15 Å². The van der Waals surface area contributed by atoms with E-state index in [1.807, 2.05) is 24.3 Å². The second-order valence-electron chi connectivity index (χ2n) is 7.13. The summed E-state index contributed by atoms with van der Waals surface area (Å²) in [6.45, 7) is 5.59. The molecule has 6 heteroatoms. The lowest BCUT2D eigenvalue weighted by molar-refractivity contribution is 0.122. The fourth-order valence-corrected chi connectivity index (χ4v) is 3.79. The Bertz CT molecular complexity index is 1010. The summed E-state index contributed by atoms with van der Waals surface area (Å²) in [6, 6.07) is 15.3. The largest absolute Gasteiger partial charge is 0.497 e. The number of piperazine rings is 1. The smallest absolute Gasteiger partial charge is 0.336 e. The fraction of sp³-hybridized carbons (Fsp3) is 0.318. The van der Waals surface area contributed by atoms with Crippen LogP contribution in [0.15, 0.2) is 57.7 Å². The van der Waals surface area contributed by atoms with E-state index in [1.165, 1.54) is 5.56 Å². The number of benzene rings is 2. The zero-order chi connectivity index (χ0) is 19.5. The molecular weight excluding hydrogens is 376 g/mol. The van der Waals surface area contributed by atoms with E-state index in [0.717, 1.165) is 55.2 Å². The minimum atomic E-state index is -0.322. The summed E-state index contributed by atoms with van der Waals surface area (Å²) in [4.78, 5) is 16.8. The Labute approximate surface area is 169 Å². The average molecular weight is 399 g/mol. The number of hydrogen-bond acceptors (Lipinski definition) is 5. The van der Waals surface area contributed by atoms with Crippen LogP contribution in [0.5, 0.6) is 5.75 Å². The van der Waals surface area contributed by atoms with Crippen molar-refractivity contribution in [2.45, 2.75) is 13.1 Å². The topological polar surface area (TPSA) is 45.9 Å². The molecule has 0 spiro atoms. The van der Waals surface area contributed by atoms with Gasteiger partial charge in [0.2, 0.25) is 0 Å². The zero-order valence-corrected chi connectivity index (χ0v) is 16.6. The normalized spacial score (nSPS) is 15.8. The molecule has 2 heterocycles. The van der Waals surface area contributed by atoms with Crippen molar-refractivity contribution < 1.29 is 9.15 Å². The Balaban J connectivity index is 1.42. The van der Waals surface area contributed by atoms with Crippen LogP contribution in [0, 0.1) is 0 Å². The van der Waals surface area contributed by atoms with Gasteiger partial charge in [0.1, 0.15) is 11.3 Å². The minimum absolute atomic E-state index is 0.322. The summed E-state index contributed by atoms with van der Waals surface area (Å²) in [7, 11) is 1.60. The Kier molecular flexibility index (Phi) is 5.67. The summed E-state index contributed by atoms with van der Waals surface area (Å²) in [6.07, 6.45) is 0. The highest BCUT2D eigenvalue weighted by Crippen LogP contribution is 2.24. The van der Waals surface area contributed by atoms with E-state index < -0.39 is 0 Å². The van der Waals surface area contributed by atoms with Crippen LogP contribution in [0.25, 0.3) is 11.0 Å². The standard InChI is InChI=1S/C22H23ClN2O3/c1-27-19-6-7-20-17(12-22(26)28-21(20)13-19)15-25-10-8-24(9-11-25)14-16-2-4-18(23)5-3-16/h2-7,12-13H,8-11,14-15H2,1H3. The molecule has 4 rings (SSSR count). The molecule has 1 aliphatic rings. The molecule has 1 aliphatic heterocycles. The number of rotatable bonds is 5. The average Bonchev–Trinajstić information content (AvgIpc) is 2.70. The van der Waals surface area contributed by atoms with E-state index >= 15 is 0 Å². The van der Waals surface area contributed by atoms with Gasteiger partial charge in [-0.25, -0.2) is 4.79 Å². The van der Waals surface area contributed by atoms with Gasteiger partial charge in [-0.05, 0) is 35.4 Å². The molecule has 0 amide bonds. The van der Waals surface area contributed by atoms with Crippen molar-refractivity contribution in [1.29, 1.82) is 0 Å². The molecule has 3 aromatic rings. The highest BCUT2D eigenvalue weighted by molar-refractivity contribution is 6.30. The maximum atomic E-state index is 12.0. The van der Waals surface area contributed by atoms with Crippen molar-refractivity contribution in [2.24, 2.45) is 0 Å². The zero-order valence-electron chi connectivity index (χ0n) is 15.9. The van der Waals surface area contributed by atoms with Crippen LogP contribution in [-0.2, 0) is 13.1 Å².